The molecule has 0 N–H and O–H groups in total. The highest BCUT2D eigenvalue weighted by atomic mass is 32.2. The molecule has 3 rings (SSSR count). The summed E-state index contributed by atoms with van der Waals surface area (Å²) in [6.07, 6.45) is -0.0414. The minimum absolute atomic E-state index is 0.0106. The molecule has 0 bridgehead atoms. The molecule has 33 heavy (non-hydrogen) atoms. The summed E-state index contributed by atoms with van der Waals surface area (Å²) < 4.78 is 18.2. The van der Waals surface area contributed by atoms with E-state index >= 15 is 0 Å². The first kappa shape index (κ1) is 25.5. The van der Waals surface area contributed by atoms with Gasteiger partial charge in [0.2, 0.25) is 0 Å². The van der Waals surface area contributed by atoms with E-state index in [0.717, 1.165) is 0 Å². The highest BCUT2D eigenvalue weighted by Gasteiger charge is 2.54. The maximum Gasteiger partial charge on any atom is 0.303 e. The van der Waals surface area contributed by atoms with Crippen LogP contribution in [-0.4, -0.2) is 50.1 Å². The third-order valence-electron chi connectivity index (χ3n) is 5.96. The molecule has 5 nitrogen and oxygen atoms in total. The van der Waals surface area contributed by atoms with Gasteiger partial charge in [-0.3, -0.25) is 9.59 Å². The van der Waals surface area contributed by atoms with Gasteiger partial charge in [-0.1, -0.05) is 81.4 Å². The molecule has 3 atom stereocenters. The molecule has 1 aliphatic rings. The molecule has 2 aromatic carbocycles. The molecule has 0 aliphatic carbocycles. The van der Waals surface area contributed by atoms with Crippen molar-refractivity contribution >= 4 is 42.4 Å². The lowest BCUT2D eigenvalue weighted by atomic mass is 10.1. The van der Waals surface area contributed by atoms with Crippen LogP contribution in [0.2, 0.25) is 5.04 Å². The van der Waals surface area contributed by atoms with Gasteiger partial charge in [-0.15, -0.1) is 0 Å². The van der Waals surface area contributed by atoms with Gasteiger partial charge < -0.3 is 13.9 Å². The topological polar surface area (TPSA) is 61.8 Å². The van der Waals surface area contributed by atoms with Gasteiger partial charge in [0.05, 0.1) is 12.7 Å². The van der Waals surface area contributed by atoms with E-state index in [0.29, 0.717) is 18.8 Å². The van der Waals surface area contributed by atoms with E-state index in [1.165, 1.54) is 24.2 Å². The number of benzene rings is 2. The maximum absolute atomic E-state index is 12.0. The van der Waals surface area contributed by atoms with Gasteiger partial charge in [0.1, 0.15) is 6.10 Å². The molecule has 178 valence electrons. The number of rotatable bonds is 8. The Balaban J connectivity index is 2.01. The normalized spacial score (nSPS) is 20.9. The zero-order chi connectivity index (χ0) is 24.1. The van der Waals surface area contributed by atoms with Crippen LogP contribution >= 0.6 is 11.8 Å². The smallest absolute Gasteiger partial charge is 0.303 e. The minimum Gasteiger partial charge on any atom is -0.466 e. The second kappa shape index (κ2) is 10.9. The van der Waals surface area contributed by atoms with Crippen LogP contribution in [-0.2, 0) is 23.5 Å². The summed E-state index contributed by atoms with van der Waals surface area (Å²) >= 11 is 1.72. The first-order valence-corrected chi connectivity index (χ1v) is 14.3. The molecule has 0 saturated carbocycles. The molecular formula is C26H34O5SSi. The van der Waals surface area contributed by atoms with Crippen molar-refractivity contribution in [1.82, 2.24) is 0 Å². The molecule has 0 unspecified atom stereocenters. The fourth-order valence-electron chi connectivity index (χ4n) is 4.58. The van der Waals surface area contributed by atoms with Crippen LogP contribution in [0, 0.1) is 0 Å². The molecule has 0 aromatic heterocycles. The summed E-state index contributed by atoms with van der Waals surface area (Å²) in [6.45, 7) is 9.85. The van der Waals surface area contributed by atoms with Gasteiger partial charge in [0, 0.05) is 24.9 Å². The van der Waals surface area contributed by atoms with Crippen molar-refractivity contribution in [1.29, 1.82) is 0 Å². The Bertz CT molecular complexity index is 889. The Labute approximate surface area is 202 Å². The molecule has 0 amide bonds. The third-order valence-corrected chi connectivity index (χ3v) is 12.5. The van der Waals surface area contributed by atoms with Crippen molar-refractivity contribution in [3.63, 3.8) is 0 Å². The predicted octanol–water partition coefficient (Wildman–Crippen LogP) is 3.93. The zero-order valence-electron chi connectivity index (χ0n) is 20.1. The van der Waals surface area contributed by atoms with Gasteiger partial charge in [-0.05, 0) is 21.8 Å². The highest BCUT2D eigenvalue weighted by Crippen LogP contribution is 2.42. The Morgan fingerprint density at radius 2 is 1.48 bits per heavy atom. The standard InChI is InChI=1S/C26H34O5SSi/c1-19(27)29-17-16-24-25(30-20(2)28)23(18-32-24)31-33(26(3,4)5,21-12-8-6-9-13-21)22-14-10-7-11-15-22/h6-15,23-25H,16-18H2,1-5H3/t23-,24-,25-/m1/s1. The lowest BCUT2D eigenvalue weighted by Crippen LogP contribution is -2.68. The van der Waals surface area contributed by atoms with E-state index in [4.69, 9.17) is 13.9 Å². The fourth-order valence-corrected chi connectivity index (χ4v) is 10.8. The molecule has 0 spiro atoms. The van der Waals surface area contributed by atoms with E-state index in [1.807, 2.05) is 12.1 Å². The van der Waals surface area contributed by atoms with E-state index < -0.39 is 14.4 Å². The van der Waals surface area contributed by atoms with Gasteiger partial charge >= 0.3 is 11.9 Å². The number of hydrogen-bond donors (Lipinski definition) is 0. The van der Waals surface area contributed by atoms with Crippen LogP contribution < -0.4 is 10.4 Å². The van der Waals surface area contributed by atoms with Crippen LogP contribution in [0.3, 0.4) is 0 Å². The molecule has 1 aliphatic heterocycles. The van der Waals surface area contributed by atoms with Crippen LogP contribution in [0.25, 0.3) is 0 Å². The second-order valence-corrected chi connectivity index (χ2v) is 14.9. The number of carbonyl (C=O) groups excluding carboxylic acids is 2. The summed E-state index contributed by atoms with van der Waals surface area (Å²) in [7, 11) is -2.78. The highest BCUT2D eigenvalue weighted by molar-refractivity contribution is 8.00. The first-order valence-electron chi connectivity index (χ1n) is 11.4. The summed E-state index contributed by atoms with van der Waals surface area (Å²) in [6, 6.07) is 20.9. The summed E-state index contributed by atoms with van der Waals surface area (Å²) in [4.78, 5) is 23.2. The monoisotopic (exact) mass is 486 g/mol. The molecule has 0 radical (unpaired) electrons. The Morgan fingerprint density at radius 3 is 1.94 bits per heavy atom. The summed E-state index contributed by atoms with van der Waals surface area (Å²) in [5, 5.41) is 2.23. The molecule has 1 heterocycles. The molecule has 1 fully saturated rings. The van der Waals surface area contributed by atoms with Crippen molar-refractivity contribution in [2.45, 2.75) is 63.5 Å². The van der Waals surface area contributed by atoms with E-state index in [9.17, 15) is 9.59 Å². The Morgan fingerprint density at radius 1 is 0.939 bits per heavy atom. The first-order chi connectivity index (χ1) is 15.6. The van der Waals surface area contributed by atoms with Crippen molar-refractivity contribution in [2.24, 2.45) is 0 Å². The second-order valence-electron chi connectivity index (χ2n) is 9.39. The molecule has 1 saturated heterocycles. The third kappa shape index (κ3) is 5.89. The van der Waals surface area contributed by atoms with Crippen LogP contribution in [0.4, 0.5) is 0 Å². The average Bonchev–Trinajstić information content (AvgIpc) is 3.12. The fraction of sp³-hybridized carbons (Fsp3) is 0.462. The number of hydrogen-bond acceptors (Lipinski definition) is 6. The van der Waals surface area contributed by atoms with E-state index in [1.54, 1.807) is 11.8 Å². The minimum atomic E-state index is -2.78. The molecule has 7 heteroatoms. The number of esters is 2. The molecule has 2 aromatic rings. The van der Waals surface area contributed by atoms with Gasteiger partial charge in [0.15, 0.2) is 0 Å². The van der Waals surface area contributed by atoms with Gasteiger partial charge in [-0.2, -0.15) is 11.8 Å². The van der Waals surface area contributed by atoms with E-state index in [2.05, 4.69) is 69.3 Å². The van der Waals surface area contributed by atoms with Crippen LogP contribution in [0.5, 0.6) is 0 Å². The number of thioether (sulfide) groups is 1. The zero-order valence-corrected chi connectivity index (χ0v) is 21.9. The summed E-state index contributed by atoms with van der Waals surface area (Å²) in [5.41, 5.74) is 0. The summed E-state index contributed by atoms with van der Waals surface area (Å²) in [5.74, 6) is 0.0888. The number of ether oxygens (including phenoxy) is 2. The number of carbonyl (C=O) groups is 2. The average molecular weight is 487 g/mol. The van der Waals surface area contributed by atoms with Crippen LogP contribution in [0.15, 0.2) is 60.7 Å². The Kier molecular flexibility index (Phi) is 8.42. The lowest BCUT2D eigenvalue weighted by molar-refractivity contribution is -0.151. The SMILES string of the molecule is CC(=O)OCC[C@H]1SC[C@@H](O[Si](c2ccccc2)(c2ccccc2)C(C)(C)C)[C@H]1OC(C)=O. The Hall–Kier alpha value is -2.09. The van der Waals surface area contributed by atoms with E-state index in [-0.39, 0.29) is 28.3 Å². The van der Waals surface area contributed by atoms with Crippen molar-refractivity contribution in [2.75, 3.05) is 12.4 Å². The van der Waals surface area contributed by atoms with Crippen molar-refractivity contribution in [3.05, 3.63) is 60.7 Å². The lowest BCUT2D eigenvalue weighted by Gasteiger charge is -2.45. The van der Waals surface area contributed by atoms with Gasteiger partial charge in [0.25, 0.3) is 8.32 Å². The predicted molar refractivity (Wildman–Crippen MR) is 136 cm³/mol. The van der Waals surface area contributed by atoms with Crippen LogP contribution in [0.1, 0.15) is 41.0 Å². The quantitative estimate of drug-likeness (QED) is 0.416. The maximum atomic E-state index is 12.0. The molecular weight excluding hydrogens is 452 g/mol. The van der Waals surface area contributed by atoms with Crippen molar-refractivity contribution in [3.8, 4) is 0 Å². The largest absolute Gasteiger partial charge is 0.466 e. The van der Waals surface area contributed by atoms with Crippen molar-refractivity contribution < 1.29 is 23.5 Å². The van der Waals surface area contributed by atoms with Gasteiger partial charge in [-0.25, -0.2) is 0 Å².